The van der Waals surface area contributed by atoms with Crippen LogP contribution in [0.15, 0.2) is 12.2 Å². The average Bonchev–Trinajstić information content (AvgIpc) is 3.32. The van der Waals surface area contributed by atoms with Gasteiger partial charge in [0.25, 0.3) is 0 Å². The fourth-order valence-corrected chi connectivity index (χ4v) is 9.73. The number of hydrogen-bond acceptors (Lipinski definition) is 2. The Morgan fingerprint density at radius 2 is 1.44 bits per heavy atom. The van der Waals surface area contributed by atoms with E-state index in [1.54, 1.807) is 0 Å². The lowest BCUT2D eigenvalue weighted by Crippen LogP contribution is -2.53. The van der Waals surface area contributed by atoms with Crippen molar-refractivity contribution >= 4 is 5.97 Å². The van der Waals surface area contributed by atoms with Gasteiger partial charge in [0.1, 0.15) is 5.60 Å². The molecule has 8 aliphatic rings. The lowest BCUT2D eigenvalue weighted by Gasteiger charge is -2.56. The Balaban J connectivity index is 1.12. The van der Waals surface area contributed by atoms with Crippen LogP contribution >= 0.6 is 0 Å². The van der Waals surface area contributed by atoms with Crippen molar-refractivity contribution in [2.24, 2.45) is 59.2 Å². The Hall–Kier alpha value is -0.790. The van der Waals surface area contributed by atoms with Gasteiger partial charge in [0.15, 0.2) is 0 Å². The Labute approximate surface area is 150 Å². The van der Waals surface area contributed by atoms with Gasteiger partial charge in [-0.15, -0.1) is 0 Å². The van der Waals surface area contributed by atoms with Crippen LogP contribution in [0.1, 0.15) is 57.8 Å². The minimum absolute atomic E-state index is 0.0400. The second kappa shape index (κ2) is 4.54. The molecule has 134 valence electrons. The maximum atomic E-state index is 13.3. The van der Waals surface area contributed by atoms with E-state index in [4.69, 9.17) is 4.74 Å². The molecule has 0 amide bonds. The highest BCUT2D eigenvalue weighted by molar-refractivity contribution is 5.74. The normalized spacial score (nSPS) is 61.9. The van der Waals surface area contributed by atoms with E-state index < -0.39 is 0 Å². The summed E-state index contributed by atoms with van der Waals surface area (Å²) in [5.41, 5.74) is -0.0400. The minimum atomic E-state index is -0.0400. The molecular weight excluding hydrogens is 308 g/mol. The molecule has 0 N–H and O–H groups in total. The minimum Gasteiger partial charge on any atom is -0.459 e. The predicted molar refractivity (Wildman–Crippen MR) is 94.4 cm³/mol. The van der Waals surface area contributed by atoms with Crippen molar-refractivity contribution < 1.29 is 9.53 Å². The van der Waals surface area contributed by atoms with Gasteiger partial charge < -0.3 is 4.74 Å². The molecule has 8 bridgehead atoms. The van der Waals surface area contributed by atoms with Crippen LogP contribution in [0.3, 0.4) is 0 Å². The molecule has 8 rings (SSSR count). The first-order valence-corrected chi connectivity index (χ1v) is 11.1. The summed E-state index contributed by atoms with van der Waals surface area (Å²) in [5, 5.41) is 0. The summed E-state index contributed by atoms with van der Waals surface area (Å²) >= 11 is 0. The van der Waals surface area contributed by atoms with Crippen molar-refractivity contribution in [2.45, 2.75) is 63.4 Å². The topological polar surface area (TPSA) is 26.3 Å². The van der Waals surface area contributed by atoms with Gasteiger partial charge in [-0.05, 0) is 111 Å². The Bertz CT molecular complexity index is 628. The van der Waals surface area contributed by atoms with E-state index in [1.807, 2.05) is 0 Å². The van der Waals surface area contributed by atoms with Gasteiger partial charge in [0.2, 0.25) is 0 Å². The van der Waals surface area contributed by atoms with Crippen molar-refractivity contribution in [2.75, 3.05) is 0 Å². The first-order valence-electron chi connectivity index (χ1n) is 11.1. The van der Waals surface area contributed by atoms with Gasteiger partial charge in [-0.1, -0.05) is 12.2 Å². The Morgan fingerprint density at radius 1 is 0.800 bits per heavy atom. The zero-order valence-corrected chi connectivity index (χ0v) is 15.1. The van der Waals surface area contributed by atoms with E-state index in [0.717, 1.165) is 53.8 Å². The molecule has 7 fully saturated rings. The number of esters is 1. The van der Waals surface area contributed by atoms with Crippen LogP contribution in [-0.2, 0) is 9.53 Å². The Kier molecular flexibility index (Phi) is 2.60. The number of hydrogen-bond donors (Lipinski definition) is 0. The van der Waals surface area contributed by atoms with Crippen molar-refractivity contribution in [3.05, 3.63) is 12.2 Å². The molecule has 0 aromatic heterocycles. The van der Waals surface area contributed by atoms with Crippen LogP contribution in [0.25, 0.3) is 0 Å². The van der Waals surface area contributed by atoms with Crippen LogP contribution < -0.4 is 0 Å². The maximum Gasteiger partial charge on any atom is 0.309 e. The molecule has 0 saturated heterocycles. The quantitative estimate of drug-likeness (QED) is 0.418. The van der Waals surface area contributed by atoms with Gasteiger partial charge in [0.05, 0.1) is 5.92 Å². The van der Waals surface area contributed by atoms with Gasteiger partial charge in [-0.25, -0.2) is 0 Å². The molecule has 25 heavy (non-hydrogen) atoms. The van der Waals surface area contributed by atoms with E-state index in [-0.39, 0.29) is 17.5 Å². The number of fused-ring (bicyclic) bond motifs is 9. The van der Waals surface area contributed by atoms with Crippen LogP contribution in [-0.4, -0.2) is 11.6 Å². The molecule has 0 heterocycles. The summed E-state index contributed by atoms with van der Waals surface area (Å²) in [6.07, 6.45) is 16.7. The number of ether oxygens (including phenoxy) is 1. The first kappa shape index (κ1) is 14.3. The molecule has 7 atom stereocenters. The third kappa shape index (κ3) is 1.80. The van der Waals surface area contributed by atoms with Gasteiger partial charge in [-0.2, -0.15) is 0 Å². The zero-order chi connectivity index (χ0) is 16.3. The van der Waals surface area contributed by atoms with Crippen molar-refractivity contribution in [1.82, 2.24) is 0 Å². The molecule has 0 spiro atoms. The van der Waals surface area contributed by atoms with Crippen LogP contribution in [0.5, 0.6) is 0 Å². The largest absolute Gasteiger partial charge is 0.459 e. The highest BCUT2D eigenvalue weighted by Gasteiger charge is 2.63. The molecule has 2 heteroatoms. The van der Waals surface area contributed by atoms with Crippen LogP contribution in [0.2, 0.25) is 0 Å². The van der Waals surface area contributed by atoms with E-state index in [2.05, 4.69) is 12.2 Å². The summed E-state index contributed by atoms with van der Waals surface area (Å²) in [4.78, 5) is 13.3. The molecule has 0 aliphatic heterocycles. The number of carbonyl (C=O) groups is 1. The Morgan fingerprint density at radius 3 is 2.12 bits per heavy atom. The summed E-state index contributed by atoms with van der Waals surface area (Å²) in [6, 6.07) is 0. The second-order valence-corrected chi connectivity index (χ2v) is 11.1. The van der Waals surface area contributed by atoms with Gasteiger partial charge in [0, 0.05) is 0 Å². The highest BCUT2D eigenvalue weighted by atomic mass is 16.6. The van der Waals surface area contributed by atoms with E-state index in [0.29, 0.717) is 5.92 Å². The molecule has 8 aliphatic carbocycles. The zero-order valence-electron chi connectivity index (χ0n) is 15.1. The monoisotopic (exact) mass is 338 g/mol. The molecule has 0 aromatic rings. The standard InChI is InChI=1S/C23H30O2/c24-22(25-23-9-12-3-13(10-23)5-14(4-12)11-23)19-8-17-7-18(19)21-16-2-1-15(6-16)20(17)21/h1-2,12-21H,3-11H2. The third-order valence-electron chi connectivity index (χ3n) is 9.87. The molecule has 7 unspecified atom stereocenters. The third-order valence-corrected chi connectivity index (χ3v) is 9.87. The van der Waals surface area contributed by atoms with Gasteiger partial charge >= 0.3 is 5.97 Å². The van der Waals surface area contributed by atoms with Crippen molar-refractivity contribution in [1.29, 1.82) is 0 Å². The van der Waals surface area contributed by atoms with E-state index >= 15 is 0 Å². The molecule has 7 saturated carbocycles. The summed E-state index contributed by atoms with van der Waals surface area (Å²) in [7, 11) is 0. The van der Waals surface area contributed by atoms with Crippen molar-refractivity contribution in [3.8, 4) is 0 Å². The summed E-state index contributed by atoms with van der Waals surface area (Å²) < 4.78 is 6.46. The molecule has 0 radical (unpaired) electrons. The average molecular weight is 338 g/mol. The predicted octanol–water partition coefficient (Wildman–Crippen LogP) is 4.59. The highest BCUT2D eigenvalue weighted by Crippen LogP contribution is 2.67. The van der Waals surface area contributed by atoms with E-state index in [1.165, 1.54) is 51.4 Å². The lowest BCUT2D eigenvalue weighted by molar-refractivity contribution is -0.193. The molecular formula is C23H30O2. The fourth-order valence-electron chi connectivity index (χ4n) is 9.73. The first-order chi connectivity index (χ1) is 12.2. The molecule has 0 aromatic carbocycles. The fraction of sp³-hybridized carbons (Fsp3) is 0.870. The second-order valence-electron chi connectivity index (χ2n) is 11.1. The van der Waals surface area contributed by atoms with Gasteiger partial charge in [-0.3, -0.25) is 4.79 Å². The number of carbonyl (C=O) groups excluding carboxylic acids is 1. The lowest BCUT2D eigenvalue weighted by atomic mass is 9.54. The van der Waals surface area contributed by atoms with E-state index in [9.17, 15) is 4.79 Å². The van der Waals surface area contributed by atoms with Crippen molar-refractivity contribution in [3.63, 3.8) is 0 Å². The SMILES string of the molecule is O=C(OC12CC3CC(CC(C3)C1)C2)C1CC2CC1C1C3C=CC(C3)C21. The smallest absolute Gasteiger partial charge is 0.309 e. The summed E-state index contributed by atoms with van der Waals surface area (Å²) in [6.45, 7) is 0. The summed E-state index contributed by atoms with van der Waals surface area (Å²) in [5.74, 6) is 7.90. The maximum absolute atomic E-state index is 13.3. The number of rotatable bonds is 2. The van der Waals surface area contributed by atoms with Crippen LogP contribution in [0.4, 0.5) is 0 Å². The molecule has 2 nitrogen and oxygen atoms in total. The van der Waals surface area contributed by atoms with Crippen LogP contribution in [0, 0.1) is 59.2 Å². The number of allylic oxidation sites excluding steroid dienone is 2.